The van der Waals surface area contributed by atoms with Crippen LogP contribution in [0.2, 0.25) is 5.02 Å². The van der Waals surface area contributed by atoms with Gasteiger partial charge in [0.15, 0.2) is 0 Å². The molecular weight excluding hydrogens is 242 g/mol. The van der Waals surface area contributed by atoms with Gasteiger partial charge in [0.05, 0.1) is 0 Å². The van der Waals surface area contributed by atoms with Gasteiger partial charge >= 0.3 is 5.97 Å². The zero-order valence-corrected chi connectivity index (χ0v) is 9.99. The van der Waals surface area contributed by atoms with Crippen molar-refractivity contribution < 1.29 is 14.7 Å². The van der Waals surface area contributed by atoms with Crippen LogP contribution in [0, 0.1) is 0 Å². The molecule has 0 aliphatic carbocycles. The molecule has 1 aromatic carbocycles. The highest BCUT2D eigenvalue weighted by Crippen LogP contribution is 2.22. The average molecular weight is 254 g/mol. The second-order valence-corrected chi connectivity index (χ2v) is 3.74. The molecule has 0 radical (unpaired) electrons. The van der Waals surface area contributed by atoms with Crippen molar-refractivity contribution in [2.75, 3.05) is 5.32 Å². The first-order valence-electron chi connectivity index (χ1n) is 5.03. The van der Waals surface area contributed by atoms with Gasteiger partial charge in [-0.3, -0.25) is 4.79 Å². The maximum absolute atomic E-state index is 11.3. The first-order valence-corrected chi connectivity index (χ1v) is 5.41. The van der Waals surface area contributed by atoms with Crippen LogP contribution in [0.3, 0.4) is 0 Å². The van der Waals surface area contributed by atoms with E-state index in [4.69, 9.17) is 16.7 Å². The summed E-state index contributed by atoms with van der Waals surface area (Å²) in [5, 5.41) is 11.7. The van der Waals surface area contributed by atoms with Crippen LogP contribution in [-0.4, -0.2) is 17.0 Å². The van der Waals surface area contributed by atoms with Crippen LogP contribution in [0.15, 0.2) is 24.3 Å². The average Bonchev–Trinajstić information content (AvgIpc) is 2.29. The highest BCUT2D eigenvalue weighted by molar-refractivity contribution is 6.30. The number of nitrogens with one attached hydrogen (secondary N) is 1. The summed E-state index contributed by atoms with van der Waals surface area (Å²) >= 11 is 5.81. The van der Waals surface area contributed by atoms with Crippen molar-refractivity contribution in [3.8, 4) is 0 Å². The van der Waals surface area contributed by atoms with E-state index < -0.39 is 5.97 Å². The molecule has 0 aromatic heterocycles. The molecule has 1 amide bonds. The number of anilines is 1. The van der Waals surface area contributed by atoms with Crippen LogP contribution in [0.5, 0.6) is 0 Å². The van der Waals surface area contributed by atoms with E-state index >= 15 is 0 Å². The monoisotopic (exact) mass is 253 g/mol. The summed E-state index contributed by atoms with van der Waals surface area (Å²) in [6, 6.07) is 4.86. The Bertz CT molecular complexity index is 469. The number of benzene rings is 1. The van der Waals surface area contributed by atoms with Crippen molar-refractivity contribution in [3.63, 3.8) is 0 Å². The molecule has 5 heteroatoms. The molecule has 0 aliphatic rings. The molecule has 0 saturated carbocycles. The van der Waals surface area contributed by atoms with E-state index in [1.165, 1.54) is 6.08 Å². The number of carboxylic acids is 1. The Morgan fingerprint density at radius 3 is 2.76 bits per heavy atom. The van der Waals surface area contributed by atoms with Crippen molar-refractivity contribution in [1.82, 2.24) is 0 Å². The topological polar surface area (TPSA) is 66.4 Å². The lowest BCUT2D eigenvalue weighted by atomic mass is 10.1. The van der Waals surface area contributed by atoms with Gasteiger partial charge in [-0.2, -0.15) is 0 Å². The minimum absolute atomic E-state index is 0.141. The van der Waals surface area contributed by atoms with Gasteiger partial charge in [0.25, 0.3) is 0 Å². The molecule has 17 heavy (non-hydrogen) atoms. The molecule has 0 atom stereocenters. The Morgan fingerprint density at radius 2 is 2.18 bits per heavy atom. The van der Waals surface area contributed by atoms with Gasteiger partial charge < -0.3 is 10.4 Å². The molecule has 1 rings (SSSR count). The Labute approximate surface area is 104 Å². The van der Waals surface area contributed by atoms with Gasteiger partial charge in [-0.25, -0.2) is 4.79 Å². The van der Waals surface area contributed by atoms with Crippen LogP contribution < -0.4 is 5.32 Å². The summed E-state index contributed by atoms with van der Waals surface area (Å²) in [4.78, 5) is 21.7. The van der Waals surface area contributed by atoms with Crippen LogP contribution in [0.4, 0.5) is 5.69 Å². The van der Waals surface area contributed by atoms with E-state index in [-0.39, 0.29) is 5.91 Å². The minimum Gasteiger partial charge on any atom is -0.478 e. The standard InChI is InChI=1S/C12H12ClNO3/c1-2-11(15)14-10-5-4-9(13)7-8(10)3-6-12(16)17/h3-7H,2H2,1H3,(H,14,15)(H,16,17). The molecule has 90 valence electrons. The predicted octanol–water partition coefficient (Wildman–Crippen LogP) is 2.79. The minimum atomic E-state index is -1.06. The van der Waals surface area contributed by atoms with Gasteiger partial charge in [0.2, 0.25) is 5.91 Å². The molecule has 0 unspecified atom stereocenters. The number of hydrogen-bond donors (Lipinski definition) is 2. The van der Waals surface area contributed by atoms with Crippen molar-refractivity contribution in [1.29, 1.82) is 0 Å². The third-order valence-electron chi connectivity index (χ3n) is 2.01. The van der Waals surface area contributed by atoms with Gasteiger partial charge in [-0.15, -0.1) is 0 Å². The molecule has 0 fully saturated rings. The van der Waals surface area contributed by atoms with E-state index in [0.717, 1.165) is 6.08 Å². The van der Waals surface area contributed by atoms with E-state index in [0.29, 0.717) is 22.7 Å². The lowest BCUT2D eigenvalue weighted by Gasteiger charge is -2.07. The van der Waals surface area contributed by atoms with Crippen molar-refractivity contribution in [3.05, 3.63) is 34.9 Å². The largest absolute Gasteiger partial charge is 0.478 e. The van der Waals surface area contributed by atoms with Crippen LogP contribution in [-0.2, 0) is 9.59 Å². The molecular formula is C12H12ClNO3. The molecule has 0 aliphatic heterocycles. The van der Waals surface area contributed by atoms with E-state index in [9.17, 15) is 9.59 Å². The molecule has 0 bridgehead atoms. The first kappa shape index (κ1) is 13.3. The summed E-state index contributed by atoms with van der Waals surface area (Å²) in [7, 11) is 0. The summed E-state index contributed by atoms with van der Waals surface area (Å²) in [6.45, 7) is 1.73. The van der Waals surface area contributed by atoms with E-state index in [1.54, 1.807) is 25.1 Å². The zero-order chi connectivity index (χ0) is 12.8. The molecule has 0 heterocycles. The molecule has 0 spiro atoms. The SMILES string of the molecule is CCC(=O)Nc1ccc(Cl)cc1C=CC(=O)O. The summed E-state index contributed by atoms with van der Waals surface area (Å²) in [5.41, 5.74) is 1.10. The fraction of sp³-hybridized carbons (Fsp3) is 0.167. The summed E-state index contributed by atoms with van der Waals surface area (Å²) in [5.74, 6) is -1.20. The van der Waals surface area contributed by atoms with Gasteiger partial charge in [0.1, 0.15) is 0 Å². The lowest BCUT2D eigenvalue weighted by molar-refractivity contribution is -0.131. The van der Waals surface area contributed by atoms with E-state index in [1.807, 2.05) is 0 Å². The second kappa shape index (κ2) is 6.06. The van der Waals surface area contributed by atoms with Crippen LogP contribution in [0.1, 0.15) is 18.9 Å². The molecule has 1 aromatic rings. The van der Waals surface area contributed by atoms with Crippen molar-refractivity contribution >= 4 is 35.2 Å². The number of carboxylic acid groups (broad SMARTS) is 1. The Balaban J connectivity index is 3.03. The Morgan fingerprint density at radius 1 is 1.47 bits per heavy atom. The number of carbonyl (C=O) groups excluding carboxylic acids is 1. The van der Waals surface area contributed by atoms with Crippen LogP contribution >= 0.6 is 11.6 Å². The summed E-state index contributed by atoms with van der Waals surface area (Å²) in [6.07, 6.45) is 2.73. The molecule has 4 nitrogen and oxygen atoms in total. The van der Waals surface area contributed by atoms with E-state index in [2.05, 4.69) is 5.32 Å². The number of rotatable bonds is 4. The van der Waals surface area contributed by atoms with Gasteiger partial charge in [0, 0.05) is 23.2 Å². The maximum Gasteiger partial charge on any atom is 0.328 e. The van der Waals surface area contributed by atoms with Crippen molar-refractivity contribution in [2.45, 2.75) is 13.3 Å². The first-order chi connectivity index (χ1) is 8.02. The highest BCUT2D eigenvalue weighted by Gasteiger charge is 2.04. The Kier molecular flexibility index (Phi) is 4.72. The van der Waals surface area contributed by atoms with Gasteiger partial charge in [-0.1, -0.05) is 18.5 Å². The smallest absolute Gasteiger partial charge is 0.328 e. The number of halogens is 1. The number of amides is 1. The highest BCUT2D eigenvalue weighted by atomic mass is 35.5. The van der Waals surface area contributed by atoms with Crippen LogP contribution in [0.25, 0.3) is 6.08 Å². The van der Waals surface area contributed by atoms with Crippen molar-refractivity contribution in [2.24, 2.45) is 0 Å². The quantitative estimate of drug-likeness (QED) is 0.811. The predicted molar refractivity (Wildman–Crippen MR) is 67.0 cm³/mol. The molecule has 0 saturated heterocycles. The number of aliphatic carboxylic acids is 1. The normalized spacial score (nSPS) is 10.5. The molecule has 2 N–H and O–H groups in total. The maximum atomic E-state index is 11.3. The van der Waals surface area contributed by atoms with Gasteiger partial charge in [-0.05, 0) is 29.8 Å². The third-order valence-corrected chi connectivity index (χ3v) is 2.25. The second-order valence-electron chi connectivity index (χ2n) is 3.30. The fourth-order valence-corrected chi connectivity index (χ4v) is 1.37. The number of carbonyl (C=O) groups is 2. The fourth-order valence-electron chi connectivity index (χ4n) is 1.18. The Hall–Kier alpha value is -1.81. The number of hydrogen-bond acceptors (Lipinski definition) is 2. The zero-order valence-electron chi connectivity index (χ0n) is 9.24. The lowest BCUT2D eigenvalue weighted by Crippen LogP contribution is -2.10. The third kappa shape index (κ3) is 4.28. The summed E-state index contributed by atoms with van der Waals surface area (Å²) < 4.78 is 0.